The first-order chi connectivity index (χ1) is 19.2. The van der Waals surface area contributed by atoms with Gasteiger partial charge in [-0.2, -0.15) is 0 Å². The highest BCUT2D eigenvalue weighted by atomic mass is 16.6. The zero-order valence-corrected chi connectivity index (χ0v) is 21.2. The van der Waals surface area contributed by atoms with Gasteiger partial charge in [-0.15, -0.1) is 0 Å². The van der Waals surface area contributed by atoms with Crippen molar-refractivity contribution in [1.82, 2.24) is 20.9 Å². The summed E-state index contributed by atoms with van der Waals surface area (Å²) in [6.07, 6.45) is -1.26. The molecule has 16 nitrogen and oxygen atoms in total. The number of ether oxygens (including phenoxy) is 2. The Morgan fingerprint density at radius 3 is 1.80 bits per heavy atom. The molecule has 0 unspecified atom stereocenters. The summed E-state index contributed by atoms with van der Waals surface area (Å²) >= 11 is 0. The Hall–Kier alpha value is -5.12. The van der Waals surface area contributed by atoms with Crippen LogP contribution in [0.1, 0.15) is 17.5 Å². The molecule has 1 aliphatic rings. The van der Waals surface area contributed by atoms with Crippen LogP contribution in [0.15, 0.2) is 53.5 Å². The summed E-state index contributed by atoms with van der Waals surface area (Å²) in [6, 6.07) is 10.7. The van der Waals surface area contributed by atoms with E-state index in [0.29, 0.717) is 30.8 Å². The van der Waals surface area contributed by atoms with E-state index in [1.54, 1.807) is 4.90 Å². The van der Waals surface area contributed by atoms with Gasteiger partial charge < -0.3 is 19.7 Å². The summed E-state index contributed by atoms with van der Waals surface area (Å²) < 4.78 is 10.2. The van der Waals surface area contributed by atoms with Crippen LogP contribution in [0.3, 0.4) is 0 Å². The zero-order chi connectivity index (χ0) is 28.9. The van der Waals surface area contributed by atoms with Gasteiger partial charge in [0.25, 0.3) is 11.4 Å². The van der Waals surface area contributed by atoms with Gasteiger partial charge in [-0.05, 0) is 48.4 Å². The Kier molecular flexibility index (Phi) is 10.8. The standard InChI is InChI=1S/C24H27N7O9/c32-21(29-12-1-10-25-11-13-29)14-26-22(27-23(33)39-15-17-2-6-19(7-3-17)30(35)36)28-24(34)40-16-18-4-8-20(9-5-18)31(37)38/h2-9,25H,1,10-16H2,(H2,26,27,28,33,34). The van der Waals surface area contributed by atoms with E-state index >= 15 is 0 Å². The number of amides is 3. The molecule has 16 heteroatoms. The largest absolute Gasteiger partial charge is 0.444 e. The lowest BCUT2D eigenvalue weighted by Crippen LogP contribution is -2.45. The molecule has 1 heterocycles. The number of hydrogen-bond donors (Lipinski definition) is 3. The Balaban J connectivity index is 1.60. The Bertz CT molecular complexity index is 1160. The number of nitrogens with zero attached hydrogens (tertiary/aromatic N) is 4. The molecule has 2 aromatic carbocycles. The number of nitro benzene ring substituents is 2. The second-order valence-corrected chi connectivity index (χ2v) is 8.40. The maximum atomic E-state index is 12.6. The number of hydrogen-bond acceptors (Lipinski definition) is 11. The van der Waals surface area contributed by atoms with Crippen LogP contribution in [0.2, 0.25) is 0 Å². The Labute approximate surface area is 227 Å². The molecule has 0 radical (unpaired) electrons. The molecule has 0 spiro atoms. The second-order valence-electron chi connectivity index (χ2n) is 8.40. The van der Waals surface area contributed by atoms with E-state index in [4.69, 9.17) is 9.47 Å². The molecule has 2 aromatic rings. The molecule has 40 heavy (non-hydrogen) atoms. The number of nitro groups is 2. The van der Waals surface area contributed by atoms with E-state index in [1.165, 1.54) is 48.5 Å². The molecule has 212 valence electrons. The molecule has 3 amide bonds. The average molecular weight is 558 g/mol. The van der Waals surface area contributed by atoms with Crippen LogP contribution in [-0.2, 0) is 27.5 Å². The number of rotatable bonds is 8. The highest BCUT2D eigenvalue weighted by molar-refractivity contribution is 6.02. The summed E-state index contributed by atoms with van der Waals surface area (Å²) in [5.41, 5.74) is 0.701. The topological polar surface area (TPSA) is 208 Å². The molecule has 0 aromatic heterocycles. The van der Waals surface area contributed by atoms with Crippen LogP contribution < -0.4 is 16.0 Å². The molecule has 3 rings (SSSR count). The zero-order valence-electron chi connectivity index (χ0n) is 21.2. The number of carbonyl (C=O) groups is 3. The minimum absolute atomic E-state index is 0.121. The molecule has 0 bridgehead atoms. The Morgan fingerprint density at radius 1 is 0.825 bits per heavy atom. The normalized spacial score (nSPS) is 12.8. The SMILES string of the molecule is O=C(NC(=NCC(=O)N1CCCNCC1)NC(=O)OCc1ccc([N+](=O)[O-])cc1)OCc1ccc([N+](=O)[O-])cc1. The van der Waals surface area contributed by atoms with Crippen molar-refractivity contribution in [3.8, 4) is 0 Å². The highest BCUT2D eigenvalue weighted by Gasteiger charge is 2.17. The summed E-state index contributed by atoms with van der Waals surface area (Å²) in [7, 11) is 0. The maximum Gasteiger partial charge on any atom is 0.414 e. The predicted molar refractivity (Wildman–Crippen MR) is 139 cm³/mol. The van der Waals surface area contributed by atoms with Crippen molar-refractivity contribution in [2.45, 2.75) is 19.6 Å². The fraction of sp³-hybridized carbons (Fsp3) is 0.333. The van der Waals surface area contributed by atoms with Gasteiger partial charge in [0.05, 0.1) is 9.85 Å². The lowest BCUT2D eigenvalue weighted by atomic mass is 10.2. The van der Waals surface area contributed by atoms with Crippen molar-refractivity contribution in [2.75, 3.05) is 32.7 Å². The van der Waals surface area contributed by atoms with Crippen molar-refractivity contribution in [3.63, 3.8) is 0 Å². The summed E-state index contributed by atoms with van der Waals surface area (Å²) in [6.45, 7) is 1.58. The van der Waals surface area contributed by atoms with Gasteiger partial charge in [-0.1, -0.05) is 0 Å². The summed E-state index contributed by atoms with van der Waals surface area (Å²) in [5, 5.41) is 29.2. The number of aliphatic imine (C=N–C) groups is 1. The maximum absolute atomic E-state index is 12.6. The van der Waals surface area contributed by atoms with E-state index in [-0.39, 0.29) is 37.0 Å². The fourth-order valence-electron chi connectivity index (χ4n) is 3.44. The van der Waals surface area contributed by atoms with Gasteiger partial charge in [-0.3, -0.25) is 35.7 Å². The van der Waals surface area contributed by atoms with Crippen molar-refractivity contribution in [2.24, 2.45) is 4.99 Å². The molecule has 3 N–H and O–H groups in total. The van der Waals surface area contributed by atoms with Crippen LogP contribution >= 0.6 is 0 Å². The first kappa shape index (κ1) is 29.4. The van der Waals surface area contributed by atoms with E-state index in [2.05, 4.69) is 20.9 Å². The number of nitrogens with one attached hydrogen (secondary N) is 3. The van der Waals surface area contributed by atoms with Crippen LogP contribution in [0.5, 0.6) is 0 Å². The van der Waals surface area contributed by atoms with Crippen molar-refractivity contribution >= 4 is 35.4 Å². The second kappa shape index (κ2) is 14.7. The monoisotopic (exact) mass is 557 g/mol. The molecule has 0 atom stereocenters. The quantitative estimate of drug-likeness (QED) is 0.186. The van der Waals surface area contributed by atoms with Crippen molar-refractivity contribution in [1.29, 1.82) is 0 Å². The van der Waals surface area contributed by atoms with Gasteiger partial charge in [-0.25, -0.2) is 14.6 Å². The molecule has 1 fully saturated rings. The van der Waals surface area contributed by atoms with Crippen LogP contribution in [0.25, 0.3) is 0 Å². The van der Waals surface area contributed by atoms with Crippen LogP contribution in [0.4, 0.5) is 21.0 Å². The summed E-state index contributed by atoms with van der Waals surface area (Å²) in [5.74, 6) is -0.716. The van der Waals surface area contributed by atoms with Gasteiger partial charge in [0.2, 0.25) is 11.9 Å². The minimum Gasteiger partial charge on any atom is -0.444 e. The molecule has 0 aliphatic carbocycles. The van der Waals surface area contributed by atoms with Gasteiger partial charge >= 0.3 is 12.2 Å². The number of guanidine groups is 1. The third kappa shape index (κ3) is 9.64. The lowest BCUT2D eigenvalue weighted by Gasteiger charge is -2.19. The van der Waals surface area contributed by atoms with Crippen molar-refractivity contribution in [3.05, 3.63) is 79.9 Å². The molecular formula is C24H27N7O9. The third-order valence-corrected chi connectivity index (χ3v) is 5.54. The lowest BCUT2D eigenvalue weighted by molar-refractivity contribution is -0.385. The average Bonchev–Trinajstić information content (AvgIpc) is 3.24. The van der Waals surface area contributed by atoms with Gasteiger partial charge in [0.1, 0.15) is 19.8 Å². The number of alkyl carbamates (subject to hydrolysis) is 2. The van der Waals surface area contributed by atoms with E-state index in [9.17, 15) is 34.6 Å². The van der Waals surface area contributed by atoms with E-state index < -0.39 is 28.0 Å². The van der Waals surface area contributed by atoms with Crippen LogP contribution in [0, 0.1) is 20.2 Å². The van der Waals surface area contributed by atoms with E-state index in [1.807, 2.05) is 0 Å². The number of carbonyl (C=O) groups excluding carboxylic acids is 3. The van der Waals surface area contributed by atoms with Gasteiger partial charge in [0.15, 0.2) is 0 Å². The Morgan fingerprint density at radius 2 is 1.32 bits per heavy atom. The minimum atomic E-state index is -1.01. The number of benzene rings is 2. The molecule has 0 saturated carbocycles. The molecule has 1 saturated heterocycles. The summed E-state index contributed by atoms with van der Waals surface area (Å²) in [4.78, 5) is 63.4. The molecule has 1 aliphatic heterocycles. The van der Waals surface area contributed by atoms with Gasteiger partial charge in [0, 0.05) is 43.9 Å². The smallest absolute Gasteiger partial charge is 0.414 e. The van der Waals surface area contributed by atoms with E-state index in [0.717, 1.165) is 13.0 Å². The molecular weight excluding hydrogens is 530 g/mol. The fourth-order valence-corrected chi connectivity index (χ4v) is 3.44. The van der Waals surface area contributed by atoms with Crippen LogP contribution in [-0.4, -0.2) is 71.5 Å². The first-order valence-electron chi connectivity index (χ1n) is 12.1. The van der Waals surface area contributed by atoms with Crippen molar-refractivity contribution < 1.29 is 33.7 Å². The third-order valence-electron chi connectivity index (χ3n) is 5.54. The first-order valence-corrected chi connectivity index (χ1v) is 12.1. The highest BCUT2D eigenvalue weighted by Crippen LogP contribution is 2.13. The number of non-ortho nitro benzene ring substituents is 2. The predicted octanol–water partition coefficient (Wildman–Crippen LogP) is 1.83.